The highest BCUT2D eigenvalue weighted by Crippen LogP contribution is 2.29. The lowest BCUT2D eigenvalue weighted by molar-refractivity contribution is 0.437. The zero-order valence-corrected chi connectivity index (χ0v) is 14.2. The lowest BCUT2D eigenvalue weighted by Gasteiger charge is -2.20. The number of furan rings is 1. The van der Waals surface area contributed by atoms with E-state index in [-0.39, 0.29) is 0 Å². The molecule has 120 valence electrons. The number of nitrogens with one attached hydrogen (secondary N) is 1. The molecule has 0 amide bonds. The van der Waals surface area contributed by atoms with Gasteiger partial charge in [-0.1, -0.05) is 19.9 Å². The first-order chi connectivity index (χ1) is 9.89. The predicted octanol–water partition coefficient (Wildman–Crippen LogP) is 2.59. The Hall–Kier alpha value is -1.11. The van der Waals surface area contributed by atoms with Gasteiger partial charge in [0.15, 0.2) is 0 Å². The van der Waals surface area contributed by atoms with E-state index in [9.17, 15) is 8.42 Å². The van der Waals surface area contributed by atoms with E-state index in [0.29, 0.717) is 36.1 Å². The summed E-state index contributed by atoms with van der Waals surface area (Å²) in [6, 6.07) is 0. The molecule has 1 aromatic heterocycles. The molecule has 0 saturated carbocycles. The number of nitrogens with zero attached hydrogens (tertiary/aromatic N) is 1. The Bertz CT molecular complexity index is 576. The first-order valence-corrected chi connectivity index (χ1v) is 8.74. The van der Waals surface area contributed by atoms with Gasteiger partial charge in [0, 0.05) is 25.2 Å². The highest BCUT2D eigenvalue weighted by molar-refractivity contribution is 7.89. The highest BCUT2D eigenvalue weighted by atomic mass is 32.2. The van der Waals surface area contributed by atoms with Gasteiger partial charge in [0.25, 0.3) is 0 Å². The number of hydrogen-bond donors (Lipinski definition) is 1. The van der Waals surface area contributed by atoms with Crippen molar-refractivity contribution < 1.29 is 12.8 Å². The average Bonchev–Trinajstić information content (AvgIpc) is 2.70. The summed E-state index contributed by atoms with van der Waals surface area (Å²) in [5, 5.41) is 3.17. The number of aryl methyl sites for hydroxylation is 2. The fraction of sp³-hybridized carbons (Fsp3) is 0.600. The third kappa shape index (κ3) is 3.96. The van der Waals surface area contributed by atoms with E-state index < -0.39 is 10.0 Å². The van der Waals surface area contributed by atoms with Crippen molar-refractivity contribution in [1.29, 1.82) is 0 Å². The molecule has 0 unspecified atom stereocenters. The topological polar surface area (TPSA) is 62.6 Å². The maximum atomic E-state index is 12.9. The van der Waals surface area contributed by atoms with Gasteiger partial charge in [0.1, 0.15) is 16.4 Å². The van der Waals surface area contributed by atoms with Gasteiger partial charge in [-0.05, 0) is 26.8 Å². The average molecular weight is 314 g/mol. The minimum absolute atomic E-state index is 0.302. The second-order valence-electron chi connectivity index (χ2n) is 4.95. The normalized spacial score (nSPS) is 12.0. The van der Waals surface area contributed by atoms with Crippen molar-refractivity contribution in [2.45, 2.75) is 45.6 Å². The van der Waals surface area contributed by atoms with Crippen LogP contribution in [0.15, 0.2) is 22.0 Å². The molecule has 21 heavy (non-hydrogen) atoms. The van der Waals surface area contributed by atoms with Crippen LogP contribution in [0.2, 0.25) is 0 Å². The summed E-state index contributed by atoms with van der Waals surface area (Å²) >= 11 is 0. The number of hydrogen-bond acceptors (Lipinski definition) is 4. The maximum Gasteiger partial charge on any atom is 0.247 e. The molecule has 1 N–H and O–H groups in total. The summed E-state index contributed by atoms with van der Waals surface area (Å²) < 4.78 is 32.9. The summed E-state index contributed by atoms with van der Waals surface area (Å²) in [6.07, 6.45) is 2.37. The lowest BCUT2D eigenvalue weighted by atomic mass is 10.2. The van der Waals surface area contributed by atoms with Crippen molar-refractivity contribution in [2.75, 3.05) is 19.6 Å². The molecule has 0 fully saturated rings. The minimum Gasteiger partial charge on any atom is -0.465 e. The Morgan fingerprint density at radius 1 is 1.29 bits per heavy atom. The molecule has 0 aliphatic rings. The van der Waals surface area contributed by atoms with Crippen LogP contribution in [-0.4, -0.2) is 32.4 Å². The molecule has 0 aliphatic heterocycles. The van der Waals surface area contributed by atoms with Crippen LogP contribution < -0.4 is 5.32 Å². The summed E-state index contributed by atoms with van der Waals surface area (Å²) in [5.74, 6) is 1.10. The Morgan fingerprint density at radius 2 is 1.95 bits per heavy atom. The van der Waals surface area contributed by atoms with Crippen molar-refractivity contribution in [2.24, 2.45) is 0 Å². The largest absolute Gasteiger partial charge is 0.465 e. The third-order valence-corrected chi connectivity index (χ3v) is 5.34. The summed E-state index contributed by atoms with van der Waals surface area (Å²) in [6.45, 7) is 13.1. The van der Waals surface area contributed by atoms with Crippen LogP contribution in [-0.2, 0) is 16.6 Å². The van der Waals surface area contributed by atoms with E-state index in [4.69, 9.17) is 4.42 Å². The molecule has 0 spiro atoms. The van der Waals surface area contributed by atoms with Crippen LogP contribution >= 0.6 is 0 Å². The van der Waals surface area contributed by atoms with Gasteiger partial charge in [-0.2, -0.15) is 4.31 Å². The van der Waals surface area contributed by atoms with E-state index in [1.54, 1.807) is 19.9 Å². The molecule has 1 rings (SSSR count). The zero-order chi connectivity index (χ0) is 16.0. The molecule has 0 aromatic carbocycles. The molecule has 0 aliphatic carbocycles. The van der Waals surface area contributed by atoms with Crippen LogP contribution in [0, 0.1) is 13.8 Å². The van der Waals surface area contributed by atoms with Crippen molar-refractivity contribution >= 4 is 10.0 Å². The van der Waals surface area contributed by atoms with Gasteiger partial charge in [0.05, 0.1) is 0 Å². The van der Waals surface area contributed by atoms with E-state index in [2.05, 4.69) is 11.9 Å². The molecular weight excluding hydrogens is 288 g/mol. The van der Waals surface area contributed by atoms with Gasteiger partial charge in [-0.15, -0.1) is 6.58 Å². The Kier molecular flexibility index (Phi) is 6.64. The summed E-state index contributed by atoms with van der Waals surface area (Å²) in [7, 11) is -3.57. The highest BCUT2D eigenvalue weighted by Gasteiger charge is 2.31. The zero-order valence-electron chi connectivity index (χ0n) is 13.4. The van der Waals surface area contributed by atoms with Crippen LogP contribution in [0.5, 0.6) is 0 Å². The Balaban J connectivity index is 3.31. The number of rotatable bonds is 9. The van der Waals surface area contributed by atoms with Crippen molar-refractivity contribution in [3.8, 4) is 0 Å². The standard InChI is InChI=1S/C15H26N2O3S/c1-6-9-17(10-7-2)21(18,19)15-13(5)20-12(4)14(15)11-16-8-3/h6,16H,1,7-11H2,2-5H3. The lowest BCUT2D eigenvalue weighted by Crippen LogP contribution is -2.33. The predicted molar refractivity (Wildman–Crippen MR) is 84.8 cm³/mol. The second kappa shape index (κ2) is 7.77. The second-order valence-corrected chi connectivity index (χ2v) is 6.83. The monoisotopic (exact) mass is 314 g/mol. The van der Waals surface area contributed by atoms with Crippen LogP contribution in [0.1, 0.15) is 37.4 Å². The van der Waals surface area contributed by atoms with Crippen LogP contribution in [0.25, 0.3) is 0 Å². The smallest absolute Gasteiger partial charge is 0.247 e. The van der Waals surface area contributed by atoms with Crippen molar-refractivity contribution in [3.05, 3.63) is 29.7 Å². The van der Waals surface area contributed by atoms with Crippen LogP contribution in [0.4, 0.5) is 0 Å². The molecule has 0 radical (unpaired) electrons. The fourth-order valence-electron chi connectivity index (χ4n) is 2.33. The van der Waals surface area contributed by atoms with Gasteiger partial charge >= 0.3 is 0 Å². The van der Waals surface area contributed by atoms with Crippen LogP contribution in [0.3, 0.4) is 0 Å². The van der Waals surface area contributed by atoms with E-state index in [1.165, 1.54) is 4.31 Å². The van der Waals surface area contributed by atoms with Crippen molar-refractivity contribution in [3.63, 3.8) is 0 Å². The quantitative estimate of drug-likeness (QED) is 0.712. The molecule has 0 bridgehead atoms. The van der Waals surface area contributed by atoms with E-state index in [0.717, 1.165) is 18.5 Å². The summed E-state index contributed by atoms with van der Waals surface area (Å²) in [4.78, 5) is 0.302. The SMILES string of the molecule is C=CCN(CCC)S(=O)(=O)c1c(C)oc(C)c1CNCC. The number of sulfonamides is 1. The Labute approximate surface area is 128 Å². The van der Waals surface area contributed by atoms with E-state index in [1.807, 2.05) is 13.8 Å². The molecule has 5 nitrogen and oxygen atoms in total. The first kappa shape index (κ1) is 17.9. The van der Waals surface area contributed by atoms with Gasteiger partial charge in [0.2, 0.25) is 10.0 Å². The molecule has 0 atom stereocenters. The van der Waals surface area contributed by atoms with Gasteiger partial charge in [-0.25, -0.2) is 8.42 Å². The molecule has 1 aromatic rings. The molecule has 0 saturated heterocycles. The fourth-order valence-corrected chi connectivity index (χ4v) is 4.25. The first-order valence-electron chi connectivity index (χ1n) is 7.30. The molecular formula is C15H26N2O3S. The van der Waals surface area contributed by atoms with Gasteiger partial charge < -0.3 is 9.73 Å². The van der Waals surface area contributed by atoms with Crippen molar-refractivity contribution in [1.82, 2.24) is 9.62 Å². The third-order valence-electron chi connectivity index (χ3n) is 3.28. The maximum absolute atomic E-state index is 12.9. The molecule has 1 heterocycles. The minimum atomic E-state index is -3.57. The van der Waals surface area contributed by atoms with E-state index >= 15 is 0 Å². The summed E-state index contributed by atoms with van der Waals surface area (Å²) in [5.41, 5.74) is 0.722. The molecule has 6 heteroatoms. The van der Waals surface area contributed by atoms with Gasteiger partial charge in [-0.3, -0.25) is 0 Å². The Morgan fingerprint density at radius 3 is 2.48 bits per heavy atom.